The number of carbonyl (C=O) groups is 1. The van der Waals surface area contributed by atoms with Gasteiger partial charge in [0.2, 0.25) is 0 Å². The first-order chi connectivity index (χ1) is 7.49. The molecule has 0 saturated carbocycles. The molecule has 0 spiro atoms. The lowest BCUT2D eigenvalue weighted by Crippen LogP contribution is -2.04. The van der Waals surface area contributed by atoms with Crippen LogP contribution in [0.15, 0.2) is 29.8 Å². The van der Waals surface area contributed by atoms with Crippen molar-refractivity contribution >= 4 is 23.3 Å². The van der Waals surface area contributed by atoms with Gasteiger partial charge in [0.15, 0.2) is 0 Å². The maximum Gasteiger partial charge on any atom is 0.328 e. The first-order valence-electron chi connectivity index (χ1n) is 4.58. The molecule has 0 atom stereocenters. The molecular formula is C11H11ClFNO2. The number of carboxylic acids is 1. The van der Waals surface area contributed by atoms with Gasteiger partial charge in [-0.2, -0.15) is 0 Å². The molecule has 0 aromatic heterocycles. The van der Waals surface area contributed by atoms with E-state index in [0.717, 1.165) is 6.08 Å². The second-order valence-corrected chi connectivity index (χ2v) is 3.72. The largest absolute Gasteiger partial charge is 0.478 e. The molecule has 2 N–H and O–H groups in total. The number of aliphatic carboxylic acids is 1. The number of carboxylic acid groups (broad SMARTS) is 1. The van der Waals surface area contributed by atoms with Crippen molar-refractivity contribution in [2.75, 3.05) is 11.9 Å². The maximum absolute atomic E-state index is 12.8. The minimum Gasteiger partial charge on any atom is -0.478 e. The maximum atomic E-state index is 12.8. The zero-order chi connectivity index (χ0) is 12.1. The molecule has 0 saturated heterocycles. The molecule has 0 aliphatic heterocycles. The smallest absolute Gasteiger partial charge is 0.328 e. The number of nitrogens with one attached hydrogen (secondary N) is 1. The molecule has 0 unspecified atom stereocenters. The summed E-state index contributed by atoms with van der Waals surface area (Å²) in [6.45, 7) is 2.06. The van der Waals surface area contributed by atoms with E-state index >= 15 is 0 Å². The van der Waals surface area contributed by atoms with Crippen molar-refractivity contribution in [2.45, 2.75) is 6.92 Å². The molecule has 1 aromatic carbocycles. The van der Waals surface area contributed by atoms with E-state index in [1.807, 2.05) is 0 Å². The van der Waals surface area contributed by atoms with Crippen LogP contribution in [0.1, 0.15) is 6.92 Å². The first-order valence-corrected chi connectivity index (χ1v) is 4.96. The summed E-state index contributed by atoms with van der Waals surface area (Å²) in [5, 5.41) is 11.5. The Labute approximate surface area is 97.5 Å². The van der Waals surface area contributed by atoms with Crippen LogP contribution in [0.2, 0.25) is 5.02 Å². The van der Waals surface area contributed by atoms with Crippen molar-refractivity contribution in [1.29, 1.82) is 0 Å². The summed E-state index contributed by atoms with van der Waals surface area (Å²) >= 11 is 5.59. The molecule has 1 rings (SSSR count). The van der Waals surface area contributed by atoms with Crippen molar-refractivity contribution in [2.24, 2.45) is 0 Å². The van der Waals surface area contributed by atoms with Gasteiger partial charge < -0.3 is 10.4 Å². The van der Waals surface area contributed by atoms with Crippen LogP contribution in [0.4, 0.5) is 10.1 Å². The Morgan fingerprint density at radius 3 is 2.88 bits per heavy atom. The molecule has 0 amide bonds. The van der Waals surface area contributed by atoms with E-state index in [1.165, 1.54) is 18.2 Å². The summed E-state index contributed by atoms with van der Waals surface area (Å²) in [6, 6.07) is 4.24. The fourth-order valence-corrected chi connectivity index (χ4v) is 1.29. The Bertz CT molecular complexity index is 432. The predicted octanol–water partition coefficient (Wildman–Crippen LogP) is 2.92. The molecule has 0 aliphatic carbocycles. The van der Waals surface area contributed by atoms with Gasteiger partial charge in [-0.3, -0.25) is 0 Å². The van der Waals surface area contributed by atoms with E-state index in [1.54, 1.807) is 6.92 Å². The van der Waals surface area contributed by atoms with Crippen LogP contribution in [0.25, 0.3) is 0 Å². The van der Waals surface area contributed by atoms with Gasteiger partial charge in [0.05, 0.1) is 5.02 Å². The van der Waals surface area contributed by atoms with Crippen LogP contribution in [0, 0.1) is 5.82 Å². The minimum atomic E-state index is -0.989. The Morgan fingerprint density at radius 2 is 2.31 bits per heavy atom. The van der Waals surface area contributed by atoms with Crippen LogP contribution < -0.4 is 5.32 Å². The summed E-state index contributed by atoms with van der Waals surface area (Å²) in [5.74, 6) is -1.47. The quantitative estimate of drug-likeness (QED) is 0.800. The molecule has 0 heterocycles. The van der Waals surface area contributed by atoms with E-state index < -0.39 is 11.8 Å². The topological polar surface area (TPSA) is 49.3 Å². The second kappa shape index (κ2) is 5.51. The number of hydrogen-bond acceptors (Lipinski definition) is 2. The summed E-state index contributed by atoms with van der Waals surface area (Å²) in [5.41, 5.74) is 1.30. The number of benzene rings is 1. The van der Waals surface area contributed by atoms with Gasteiger partial charge in [0, 0.05) is 18.3 Å². The molecule has 0 fully saturated rings. The average Bonchev–Trinajstić information content (AvgIpc) is 2.19. The SMILES string of the molecule is C/C(=C/C(=O)O)CNc1ccc(F)c(Cl)c1. The fourth-order valence-electron chi connectivity index (χ4n) is 1.11. The molecule has 16 heavy (non-hydrogen) atoms. The van der Waals surface area contributed by atoms with E-state index in [2.05, 4.69) is 5.32 Å². The first kappa shape index (κ1) is 12.5. The summed E-state index contributed by atoms with van der Waals surface area (Å²) < 4.78 is 12.8. The van der Waals surface area contributed by atoms with Gasteiger partial charge in [-0.1, -0.05) is 11.6 Å². The third-order valence-electron chi connectivity index (χ3n) is 1.86. The lowest BCUT2D eigenvalue weighted by Gasteiger charge is -2.06. The van der Waals surface area contributed by atoms with Crippen molar-refractivity contribution in [3.63, 3.8) is 0 Å². The second-order valence-electron chi connectivity index (χ2n) is 3.31. The third-order valence-corrected chi connectivity index (χ3v) is 2.15. The van der Waals surface area contributed by atoms with Crippen molar-refractivity contribution in [3.8, 4) is 0 Å². The van der Waals surface area contributed by atoms with Crippen molar-refractivity contribution in [3.05, 3.63) is 40.7 Å². The Kier molecular flexibility index (Phi) is 4.31. The van der Waals surface area contributed by atoms with Gasteiger partial charge in [0.25, 0.3) is 0 Å². The summed E-state index contributed by atoms with van der Waals surface area (Å²) in [7, 11) is 0. The van der Waals surface area contributed by atoms with Crippen LogP contribution in [0.3, 0.4) is 0 Å². The van der Waals surface area contributed by atoms with Gasteiger partial charge in [0.1, 0.15) is 5.82 Å². The molecular weight excluding hydrogens is 233 g/mol. The summed E-state index contributed by atoms with van der Waals surface area (Å²) in [4.78, 5) is 10.3. The van der Waals surface area contributed by atoms with E-state index in [4.69, 9.17) is 16.7 Å². The lowest BCUT2D eigenvalue weighted by molar-refractivity contribution is -0.131. The highest BCUT2D eigenvalue weighted by atomic mass is 35.5. The molecule has 1 aromatic rings. The average molecular weight is 244 g/mol. The number of rotatable bonds is 4. The van der Waals surface area contributed by atoms with Crippen LogP contribution >= 0.6 is 11.6 Å². The fraction of sp³-hybridized carbons (Fsp3) is 0.182. The van der Waals surface area contributed by atoms with Gasteiger partial charge >= 0.3 is 5.97 Å². The Hall–Kier alpha value is -1.55. The normalized spacial score (nSPS) is 11.3. The minimum absolute atomic E-state index is 0.0323. The molecule has 0 radical (unpaired) electrons. The Morgan fingerprint density at radius 1 is 1.62 bits per heavy atom. The number of anilines is 1. The molecule has 0 bridgehead atoms. The monoisotopic (exact) mass is 243 g/mol. The molecule has 0 aliphatic rings. The van der Waals surface area contributed by atoms with Crippen LogP contribution in [-0.4, -0.2) is 17.6 Å². The van der Waals surface area contributed by atoms with Crippen molar-refractivity contribution in [1.82, 2.24) is 0 Å². The predicted molar refractivity (Wildman–Crippen MR) is 61.3 cm³/mol. The van der Waals surface area contributed by atoms with Gasteiger partial charge in [-0.25, -0.2) is 9.18 Å². The van der Waals surface area contributed by atoms with E-state index in [-0.39, 0.29) is 5.02 Å². The number of hydrogen-bond donors (Lipinski definition) is 2. The third kappa shape index (κ3) is 3.90. The number of halogens is 2. The Balaban J connectivity index is 2.61. The van der Waals surface area contributed by atoms with E-state index in [0.29, 0.717) is 17.8 Å². The molecule has 5 heteroatoms. The van der Waals surface area contributed by atoms with Gasteiger partial charge in [-0.15, -0.1) is 0 Å². The van der Waals surface area contributed by atoms with Crippen molar-refractivity contribution < 1.29 is 14.3 Å². The van der Waals surface area contributed by atoms with E-state index in [9.17, 15) is 9.18 Å². The highest BCUT2D eigenvalue weighted by Crippen LogP contribution is 2.19. The molecule has 86 valence electrons. The lowest BCUT2D eigenvalue weighted by atomic mass is 10.2. The standard InChI is InChI=1S/C11H11ClFNO2/c1-7(4-11(15)16)6-14-8-2-3-10(13)9(12)5-8/h2-5,14H,6H2,1H3,(H,15,16)/b7-4-. The highest BCUT2D eigenvalue weighted by molar-refractivity contribution is 6.31. The van der Waals surface area contributed by atoms with Crippen LogP contribution in [0.5, 0.6) is 0 Å². The van der Waals surface area contributed by atoms with Crippen LogP contribution in [-0.2, 0) is 4.79 Å². The zero-order valence-electron chi connectivity index (χ0n) is 8.63. The van der Waals surface area contributed by atoms with Gasteiger partial charge in [-0.05, 0) is 30.7 Å². The zero-order valence-corrected chi connectivity index (χ0v) is 9.38. The summed E-state index contributed by atoms with van der Waals surface area (Å²) in [6.07, 6.45) is 1.11. The highest BCUT2D eigenvalue weighted by Gasteiger charge is 2.00. The molecule has 3 nitrogen and oxygen atoms in total.